The molecule has 4 atom stereocenters. The van der Waals surface area contributed by atoms with Crippen molar-refractivity contribution in [3.63, 3.8) is 0 Å². The Labute approximate surface area is 115 Å². The number of rotatable bonds is 5. The van der Waals surface area contributed by atoms with Crippen molar-refractivity contribution in [3.8, 4) is 0 Å². The minimum Gasteiger partial charge on any atom is -0.386 e. The summed E-state index contributed by atoms with van der Waals surface area (Å²) in [5.74, 6) is 0.0899. The van der Waals surface area contributed by atoms with Crippen LogP contribution in [-0.2, 0) is 9.47 Å². The van der Waals surface area contributed by atoms with Gasteiger partial charge in [0.15, 0.2) is 6.29 Å². The molecule has 0 aromatic carbocycles. The number of nitrogens with one attached hydrogen (secondary N) is 1. The second-order valence-electron chi connectivity index (χ2n) is 4.23. The van der Waals surface area contributed by atoms with Crippen LogP contribution in [-0.4, -0.2) is 60.2 Å². The Morgan fingerprint density at radius 3 is 2.89 bits per heavy atom. The van der Waals surface area contributed by atoms with Crippen LogP contribution in [0.4, 0.5) is 4.79 Å². The zero-order chi connectivity index (χ0) is 14.4. The molecule has 1 rings (SSSR count). The number of amides is 2. The maximum absolute atomic E-state index is 11.7. The predicted octanol–water partition coefficient (Wildman–Crippen LogP) is 0.429. The molecular formula is C10H18ClN3O5. The van der Waals surface area contributed by atoms with E-state index in [1.54, 1.807) is 6.92 Å². The maximum Gasteiger partial charge on any atom is 0.340 e. The first-order chi connectivity index (χ1) is 9.03. The van der Waals surface area contributed by atoms with Crippen molar-refractivity contribution >= 4 is 17.6 Å². The van der Waals surface area contributed by atoms with Gasteiger partial charge in [-0.3, -0.25) is 0 Å². The largest absolute Gasteiger partial charge is 0.386 e. The van der Waals surface area contributed by atoms with E-state index in [0.717, 1.165) is 0 Å². The molecule has 0 aromatic rings. The molecule has 8 nitrogen and oxygen atoms in total. The highest BCUT2D eigenvalue weighted by Gasteiger charge is 2.37. The molecule has 2 N–H and O–H groups in total. The fourth-order valence-corrected chi connectivity index (χ4v) is 2.04. The number of aliphatic hydroxyl groups is 1. The molecule has 1 aliphatic heterocycles. The first-order valence-corrected chi connectivity index (χ1v) is 6.40. The summed E-state index contributed by atoms with van der Waals surface area (Å²) in [6.45, 7) is 1.80. The summed E-state index contributed by atoms with van der Waals surface area (Å²) in [7, 11) is 1.40. The molecule has 0 bridgehead atoms. The smallest absolute Gasteiger partial charge is 0.340 e. The number of hydrogen-bond acceptors (Lipinski definition) is 6. The van der Waals surface area contributed by atoms with E-state index in [1.165, 1.54) is 7.11 Å². The van der Waals surface area contributed by atoms with E-state index >= 15 is 0 Å². The Morgan fingerprint density at radius 2 is 2.37 bits per heavy atom. The molecule has 9 heteroatoms. The number of urea groups is 1. The maximum atomic E-state index is 11.7. The van der Waals surface area contributed by atoms with Crippen LogP contribution in [0, 0.1) is 4.91 Å². The number of carbonyl (C=O) groups is 1. The van der Waals surface area contributed by atoms with Gasteiger partial charge in [0.25, 0.3) is 0 Å². The summed E-state index contributed by atoms with van der Waals surface area (Å²) in [5.41, 5.74) is 0. The van der Waals surface area contributed by atoms with Gasteiger partial charge in [-0.15, -0.1) is 16.5 Å². The SMILES string of the molecule is CO[C@H]1O[C@@H](C)C[C@@H](NC(=O)N(CCCl)N=O)[C@@H]1O. The number of nitroso groups, excluding NO2 is 1. The number of halogens is 1. The lowest BCUT2D eigenvalue weighted by atomic mass is 10.0. The van der Waals surface area contributed by atoms with Crippen molar-refractivity contribution in [2.45, 2.75) is 37.9 Å². The molecule has 1 saturated heterocycles. The zero-order valence-corrected chi connectivity index (χ0v) is 11.5. The van der Waals surface area contributed by atoms with Crippen LogP contribution in [0.1, 0.15) is 13.3 Å². The van der Waals surface area contributed by atoms with Gasteiger partial charge in [0.05, 0.1) is 24.0 Å². The summed E-state index contributed by atoms with van der Waals surface area (Å²) in [6.07, 6.45) is -1.63. The van der Waals surface area contributed by atoms with Gasteiger partial charge in [-0.25, -0.2) is 4.79 Å². The van der Waals surface area contributed by atoms with Crippen molar-refractivity contribution in [1.82, 2.24) is 10.3 Å². The predicted molar refractivity (Wildman–Crippen MR) is 67.5 cm³/mol. The van der Waals surface area contributed by atoms with E-state index in [1.807, 2.05) is 0 Å². The van der Waals surface area contributed by atoms with Crippen LogP contribution in [0.15, 0.2) is 5.29 Å². The minimum atomic E-state index is -1.02. The fourth-order valence-electron chi connectivity index (χ4n) is 1.88. The van der Waals surface area contributed by atoms with Crippen LogP contribution < -0.4 is 5.32 Å². The van der Waals surface area contributed by atoms with E-state index in [0.29, 0.717) is 11.4 Å². The summed E-state index contributed by atoms with van der Waals surface area (Å²) in [5, 5.41) is 15.7. The van der Waals surface area contributed by atoms with Crippen molar-refractivity contribution in [1.29, 1.82) is 0 Å². The van der Waals surface area contributed by atoms with Crippen LogP contribution in [0.2, 0.25) is 0 Å². The van der Waals surface area contributed by atoms with E-state index in [9.17, 15) is 14.8 Å². The van der Waals surface area contributed by atoms with Gasteiger partial charge in [-0.05, 0) is 13.3 Å². The molecular weight excluding hydrogens is 278 g/mol. The van der Waals surface area contributed by atoms with Crippen LogP contribution in [0.3, 0.4) is 0 Å². The molecule has 19 heavy (non-hydrogen) atoms. The second-order valence-corrected chi connectivity index (χ2v) is 4.60. The van der Waals surface area contributed by atoms with E-state index in [2.05, 4.69) is 10.6 Å². The van der Waals surface area contributed by atoms with Gasteiger partial charge in [0.2, 0.25) is 0 Å². The second kappa shape index (κ2) is 7.59. The van der Waals surface area contributed by atoms with Gasteiger partial charge in [-0.1, -0.05) is 0 Å². The standard InChI is InChI=1S/C10H18ClN3O5/c1-6-5-7(8(15)9(18-2)19-6)12-10(16)14(13-17)4-3-11/h6-9,15H,3-5H2,1-2H3,(H,12,16)/t6-,7+,8-,9-/m0/s1. The molecule has 0 aromatic heterocycles. The highest BCUT2D eigenvalue weighted by Crippen LogP contribution is 2.20. The van der Waals surface area contributed by atoms with E-state index < -0.39 is 24.5 Å². The molecule has 2 amide bonds. The molecule has 1 heterocycles. The fraction of sp³-hybridized carbons (Fsp3) is 0.900. The summed E-state index contributed by atoms with van der Waals surface area (Å²) in [4.78, 5) is 22.2. The van der Waals surface area contributed by atoms with Crippen molar-refractivity contribution in [2.24, 2.45) is 5.29 Å². The van der Waals surface area contributed by atoms with Crippen molar-refractivity contribution < 1.29 is 19.4 Å². The average Bonchev–Trinajstić information content (AvgIpc) is 2.39. The molecule has 0 spiro atoms. The molecule has 110 valence electrons. The Kier molecular flexibility index (Phi) is 6.43. The number of alkyl halides is 1. The lowest BCUT2D eigenvalue weighted by Crippen LogP contribution is -2.57. The third-order valence-electron chi connectivity index (χ3n) is 2.81. The molecule has 0 radical (unpaired) electrons. The van der Waals surface area contributed by atoms with Gasteiger partial charge >= 0.3 is 6.03 Å². The Morgan fingerprint density at radius 1 is 1.68 bits per heavy atom. The van der Waals surface area contributed by atoms with Gasteiger partial charge < -0.3 is 19.9 Å². The monoisotopic (exact) mass is 295 g/mol. The molecule has 0 aliphatic carbocycles. The molecule has 1 fully saturated rings. The number of nitrogens with zero attached hydrogens (tertiary/aromatic N) is 2. The summed E-state index contributed by atoms with van der Waals surface area (Å²) < 4.78 is 10.3. The topological polar surface area (TPSA) is 100 Å². The summed E-state index contributed by atoms with van der Waals surface area (Å²) in [6, 6.07) is -1.29. The van der Waals surface area contributed by atoms with Crippen molar-refractivity contribution in [2.75, 3.05) is 19.5 Å². The number of methoxy groups -OCH3 is 1. The Bertz CT molecular complexity index is 320. The Hall–Kier alpha value is -0.960. The quantitative estimate of drug-likeness (QED) is 0.435. The Balaban J connectivity index is 2.63. The third-order valence-corrected chi connectivity index (χ3v) is 2.98. The van der Waals surface area contributed by atoms with E-state index in [4.69, 9.17) is 21.1 Å². The van der Waals surface area contributed by atoms with Crippen LogP contribution in [0.5, 0.6) is 0 Å². The number of ether oxygens (including phenoxy) is 2. The summed E-state index contributed by atoms with van der Waals surface area (Å²) >= 11 is 5.45. The number of hydrogen-bond donors (Lipinski definition) is 2. The number of aliphatic hydroxyl groups excluding tert-OH is 1. The van der Waals surface area contributed by atoms with Crippen molar-refractivity contribution in [3.05, 3.63) is 4.91 Å². The third kappa shape index (κ3) is 4.27. The average molecular weight is 296 g/mol. The molecule has 0 saturated carbocycles. The lowest BCUT2D eigenvalue weighted by molar-refractivity contribution is -0.232. The first-order valence-electron chi connectivity index (χ1n) is 5.87. The van der Waals surface area contributed by atoms with Crippen LogP contribution in [0.25, 0.3) is 0 Å². The van der Waals surface area contributed by atoms with Gasteiger partial charge in [0, 0.05) is 13.0 Å². The van der Waals surface area contributed by atoms with E-state index in [-0.39, 0.29) is 18.5 Å². The first kappa shape index (κ1) is 16.1. The van der Waals surface area contributed by atoms with Crippen LogP contribution >= 0.6 is 11.6 Å². The normalized spacial score (nSPS) is 30.7. The molecule has 0 unspecified atom stereocenters. The molecule has 1 aliphatic rings. The minimum absolute atomic E-state index is 0.000532. The lowest BCUT2D eigenvalue weighted by Gasteiger charge is -2.37. The highest BCUT2D eigenvalue weighted by atomic mass is 35.5. The van der Waals surface area contributed by atoms with Gasteiger partial charge in [-0.2, -0.15) is 5.01 Å². The zero-order valence-electron chi connectivity index (χ0n) is 10.8. The number of carbonyl (C=O) groups excluding carboxylic acids is 1. The van der Waals surface area contributed by atoms with Gasteiger partial charge in [0.1, 0.15) is 6.10 Å². The highest BCUT2D eigenvalue weighted by molar-refractivity contribution is 6.18.